The van der Waals surface area contributed by atoms with Crippen LogP contribution in [-0.4, -0.2) is 65.1 Å². The second kappa shape index (κ2) is 7.83. The van der Waals surface area contributed by atoms with E-state index in [2.05, 4.69) is 39.2 Å². The molecule has 3 heterocycles. The second-order valence-electron chi connectivity index (χ2n) is 7.67. The van der Waals surface area contributed by atoms with Gasteiger partial charge in [-0.25, -0.2) is 0 Å². The van der Waals surface area contributed by atoms with Crippen molar-refractivity contribution in [2.45, 2.75) is 58.5 Å². The Labute approximate surface area is 150 Å². The number of aryl methyl sites for hydroxylation is 1. The summed E-state index contributed by atoms with van der Waals surface area (Å²) in [6.07, 6.45) is 5.16. The molecule has 1 amide bonds. The van der Waals surface area contributed by atoms with Crippen LogP contribution < -0.4 is 5.32 Å². The highest BCUT2D eigenvalue weighted by Crippen LogP contribution is 2.43. The summed E-state index contributed by atoms with van der Waals surface area (Å²) in [4.78, 5) is 21.9. The van der Waals surface area contributed by atoms with Gasteiger partial charge in [-0.05, 0) is 57.8 Å². The maximum absolute atomic E-state index is 12.8. The molecule has 7 nitrogen and oxygen atoms in total. The molecule has 2 aliphatic rings. The average Bonchev–Trinajstić information content (AvgIpc) is 3.21. The molecular weight excluding hydrogens is 318 g/mol. The van der Waals surface area contributed by atoms with E-state index in [4.69, 9.17) is 4.52 Å². The van der Waals surface area contributed by atoms with Gasteiger partial charge in [-0.15, -0.1) is 0 Å². The number of piperidine rings is 1. The van der Waals surface area contributed by atoms with Crippen molar-refractivity contribution in [1.82, 2.24) is 25.3 Å². The number of amides is 1. The lowest BCUT2D eigenvalue weighted by Gasteiger charge is -2.37. The molecule has 0 unspecified atom stereocenters. The Bertz CT molecular complexity index is 580. The number of rotatable bonds is 6. The summed E-state index contributed by atoms with van der Waals surface area (Å²) in [5.41, 5.74) is 0.309. The smallest absolute Gasteiger partial charge is 0.246 e. The SMILES string of the molecule is CCCN1CC2(CCN(C)CC2)C[C@@H]1C(=O)NCc1nc(CC)no1. The fourth-order valence-electron chi connectivity index (χ4n) is 4.17. The topological polar surface area (TPSA) is 74.5 Å². The number of hydrogen-bond donors (Lipinski definition) is 1. The third kappa shape index (κ3) is 4.20. The fraction of sp³-hybridized carbons (Fsp3) is 0.833. The predicted molar refractivity (Wildman–Crippen MR) is 95.0 cm³/mol. The average molecular weight is 349 g/mol. The minimum absolute atomic E-state index is 0.0306. The summed E-state index contributed by atoms with van der Waals surface area (Å²) in [7, 11) is 2.19. The molecule has 0 saturated carbocycles. The van der Waals surface area contributed by atoms with Crippen LogP contribution >= 0.6 is 0 Å². The number of nitrogens with zero attached hydrogens (tertiary/aromatic N) is 4. The van der Waals surface area contributed by atoms with Crippen LogP contribution in [0.1, 0.15) is 51.2 Å². The Morgan fingerprint density at radius 1 is 1.36 bits per heavy atom. The standard InChI is InChI=1S/C18H31N5O2/c1-4-8-23-13-18(6-9-22(3)10-7-18)11-14(23)17(24)19-12-16-20-15(5-2)21-25-16/h14H,4-13H2,1-3H3,(H,19,24)/t14-/m1/s1. The molecule has 1 atom stereocenters. The summed E-state index contributed by atoms with van der Waals surface area (Å²) in [6, 6.07) is -0.0306. The van der Waals surface area contributed by atoms with E-state index in [-0.39, 0.29) is 11.9 Å². The first-order chi connectivity index (χ1) is 12.0. The van der Waals surface area contributed by atoms with E-state index in [9.17, 15) is 4.79 Å². The lowest BCUT2D eigenvalue weighted by Crippen LogP contribution is -2.43. The Kier molecular flexibility index (Phi) is 5.74. The summed E-state index contributed by atoms with van der Waals surface area (Å²) < 4.78 is 5.17. The van der Waals surface area contributed by atoms with Gasteiger partial charge in [0, 0.05) is 13.0 Å². The van der Waals surface area contributed by atoms with Gasteiger partial charge in [0.05, 0.1) is 12.6 Å². The number of carbonyl (C=O) groups is 1. The fourth-order valence-corrected chi connectivity index (χ4v) is 4.17. The zero-order valence-electron chi connectivity index (χ0n) is 15.8. The van der Waals surface area contributed by atoms with Crippen LogP contribution in [0.4, 0.5) is 0 Å². The molecule has 1 N–H and O–H groups in total. The van der Waals surface area contributed by atoms with Crippen molar-refractivity contribution in [1.29, 1.82) is 0 Å². The molecule has 3 rings (SSSR count). The Hall–Kier alpha value is -1.47. The highest BCUT2D eigenvalue weighted by atomic mass is 16.5. The Morgan fingerprint density at radius 2 is 2.12 bits per heavy atom. The monoisotopic (exact) mass is 349 g/mol. The van der Waals surface area contributed by atoms with Gasteiger partial charge in [0.15, 0.2) is 5.82 Å². The van der Waals surface area contributed by atoms with Gasteiger partial charge in [-0.2, -0.15) is 4.98 Å². The number of hydrogen-bond acceptors (Lipinski definition) is 6. The first-order valence-corrected chi connectivity index (χ1v) is 9.57. The lowest BCUT2D eigenvalue weighted by atomic mass is 9.76. The molecule has 7 heteroatoms. The highest BCUT2D eigenvalue weighted by Gasteiger charge is 2.47. The van der Waals surface area contributed by atoms with Crippen LogP contribution in [0.15, 0.2) is 4.52 Å². The van der Waals surface area contributed by atoms with Crippen molar-refractivity contribution in [3.8, 4) is 0 Å². The van der Waals surface area contributed by atoms with Gasteiger partial charge >= 0.3 is 0 Å². The Balaban J connectivity index is 1.60. The summed E-state index contributed by atoms with van der Waals surface area (Å²) in [5.74, 6) is 1.27. The quantitative estimate of drug-likeness (QED) is 0.838. The van der Waals surface area contributed by atoms with E-state index in [0.29, 0.717) is 23.7 Å². The molecule has 25 heavy (non-hydrogen) atoms. The molecule has 0 aromatic carbocycles. The molecule has 1 spiro atoms. The van der Waals surface area contributed by atoms with Crippen LogP contribution in [0.2, 0.25) is 0 Å². The molecule has 2 saturated heterocycles. The van der Waals surface area contributed by atoms with E-state index in [1.54, 1.807) is 0 Å². The molecule has 2 aliphatic heterocycles. The number of nitrogens with one attached hydrogen (secondary N) is 1. The minimum atomic E-state index is -0.0306. The maximum atomic E-state index is 12.8. The first-order valence-electron chi connectivity index (χ1n) is 9.57. The van der Waals surface area contributed by atoms with Crippen molar-refractivity contribution >= 4 is 5.91 Å². The summed E-state index contributed by atoms with van der Waals surface area (Å²) in [5, 5.41) is 6.89. The van der Waals surface area contributed by atoms with Crippen molar-refractivity contribution in [3.63, 3.8) is 0 Å². The Morgan fingerprint density at radius 3 is 2.76 bits per heavy atom. The van der Waals surface area contributed by atoms with Crippen LogP contribution in [0, 0.1) is 5.41 Å². The molecule has 1 aromatic rings. The van der Waals surface area contributed by atoms with Gasteiger partial charge in [-0.3, -0.25) is 9.69 Å². The van der Waals surface area contributed by atoms with E-state index in [1.165, 1.54) is 12.8 Å². The van der Waals surface area contributed by atoms with Gasteiger partial charge in [0.2, 0.25) is 11.8 Å². The van der Waals surface area contributed by atoms with Crippen molar-refractivity contribution < 1.29 is 9.32 Å². The van der Waals surface area contributed by atoms with Gasteiger partial charge in [0.25, 0.3) is 0 Å². The number of carbonyl (C=O) groups excluding carboxylic acids is 1. The predicted octanol–water partition coefficient (Wildman–Crippen LogP) is 1.44. The van der Waals surface area contributed by atoms with Crippen LogP contribution in [0.5, 0.6) is 0 Å². The molecule has 2 fully saturated rings. The minimum Gasteiger partial charge on any atom is -0.346 e. The van der Waals surface area contributed by atoms with E-state index >= 15 is 0 Å². The van der Waals surface area contributed by atoms with Crippen LogP contribution in [-0.2, 0) is 17.8 Å². The van der Waals surface area contributed by atoms with Crippen LogP contribution in [0.25, 0.3) is 0 Å². The van der Waals surface area contributed by atoms with Crippen molar-refractivity contribution in [2.75, 3.05) is 33.2 Å². The molecule has 0 bridgehead atoms. The maximum Gasteiger partial charge on any atom is 0.246 e. The van der Waals surface area contributed by atoms with E-state index < -0.39 is 0 Å². The molecule has 0 radical (unpaired) electrons. The largest absolute Gasteiger partial charge is 0.346 e. The molecule has 140 valence electrons. The number of likely N-dealkylation sites (tertiary alicyclic amines) is 2. The third-order valence-corrected chi connectivity index (χ3v) is 5.71. The number of aromatic nitrogens is 2. The highest BCUT2D eigenvalue weighted by molar-refractivity contribution is 5.82. The van der Waals surface area contributed by atoms with Gasteiger partial charge < -0.3 is 14.7 Å². The van der Waals surface area contributed by atoms with Gasteiger partial charge in [-0.1, -0.05) is 19.0 Å². The van der Waals surface area contributed by atoms with Gasteiger partial charge in [0.1, 0.15) is 0 Å². The first kappa shape index (κ1) is 18.3. The molecule has 1 aromatic heterocycles. The molecule has 0 aliphatic carbocycles. The van der Waals surface area contributed by atoms with Crippen molar-refractivity contribution in [2.24, 2.45) is 5.41 Å². The lowest BCUT2D eigenvalue weighted by molar-refractivity contribution is -0.125. The van der Waals surface area contributed by atoms with Crippen LogP contribution in [0.3, 0.4) is 0 Å². The normalized spacial score (nSPS) is 24.0. The second-order valence-corrected chi connectivity index (χ2v) is 7.67. The zero-order chi connectivity index (χ0) is 17.9. The van der Waals surface area contributed by atoms with E-state index in [1.807, 2.05) is 6.92 Å². The van der Waals surface area contributed by atoms with Crippen molar-refractivity contribution in [3.05, 3.63) is 11.7 Å². The third-order valence-electron chi connectivity index (χ3n) is 5.71. The molecular formula is C18H31N5O2. The summed E-state index contributed by atoms with van der Waals surface area (Å²) in [6.45, 7) is 8.78. The van der Waals surface area contributed by atoms with E-state index in [0.717, 1.165) is 45.4 Å². The zero-order valence-corrected chi connectivity index (χ0v) is 15.8. The summed E-state index contributed by atoms with van der Waals surface area (Å²) >= 11 is 0.